The number of hydrogen-bond donors (Lipinski definition) is 1. The number of carbonyl (C=O) groups is 2. The highest BCUT2D eigenvalue weighted by atomic mass is 16.5. The fourth-order valence-electron chi connectivity index (χ4n) is 3.48. The second kappa shape index (κ2) is 8.34. The molecule has 1 atom stereocenters. The number of likely N-dealkylation sites (tertiary alicyclic amines) is 1. The number of piperidine rings is 1. The minimum atomic E-state index is -0.143. The lowest BCUT2D eigenvalue weighted by molar-refractivity contribution is -0.139. The molecule has 6 heteroatoms. The molecule has 25 heavy (non-hydrogen) atoms. The first kappa shape index (κ1) is 17.7. The van der Waals surface area contributed by atoms with Crippen LogP contribution >= 0.6 is 0 Å². The molecule has 0 saturated carbocycles. The van der Waals surface area contributed by atoms with Gasteiger partial charge in [0, 0.05) is 44.3 Å². The molecule has 1 N–H and O–H groups in total. The fourth-order valence-corrected chi connectivity index (χ4v) is 3.48. The summed E-state index contributed by atoms with van der Waals surface area (Å²) in [6.07, 6.45) is 2.77. The maximum Gasteiger partial charge on any atom is 0.225 e. The van der Waals surface area contributed by atoms with Crippen molar-refractivity contribution < 1.29 is 19.1 Å². The van der Waals surface area contributed by atoms with Gasteiger partial charge in [-0.3, -0.25) is 9.59 Å². The van der Waals surface area contributed by atoms with Gasteiger partial charge in [0.15, 0.2) is 0 Å². The molecule has 3 rings (SSSR count). The normalized spacial score (nSPS) is 21.9. The van der Waals surface area contributed by atoms with Gasteiger partial charge in [-0.15, -0.1) is 0 Å². The summed E-state index contributed by atoms with van der Waals surface area (Å²) >= 11 is 0. The molecular weight excluding hydrogens is 320 g/mol. The van der Waals surface area contributed by atoms with Crippen LogP contribution in [-0.4, -0.2) is 49.6 Å². The number of para-hydroxylation sites is 1. The van der Waals surface area contributed by atoms with Gasteiger partial charge in [0.1, 0.15) is 5.75 Å². The standard InChI is InChI=1S/C19H26N2O4/c1-24-17-5-3-2-4-14(17)12-21-13-15(6-7-18(21)22)19(23)20-16-8-10-25-11-9-16/h2-5,15-16H,6-13H2,1H3,(H,20,23)/t15-/m1/s1. The molecule has 6 nitrogen and oxygen atoms in total. The first-order valence-electron chi connectivity index (χ1n) is 8.95. The fraction of sp³-hybridized carbons (Fsp3) is 0.579. The van der Waals surface area contributed by atoms with E-state index in [1.165, 1.54) is 0 Å². The van der Waals surface area contributed by atoms with Gasteiger partial charge in [-0.25, -0.2) is 0 Å². The van der Waals surface area contributed by atoms with Crippen molar-refractivity contribution in [1.82, 2.24) is 10.2 Å². The summed E-state index contributed by atoms with van der Waals surface area (Å²) in [7, 11) is 1.63. The molecule has 0 aromatic heterocycles. The molecule has 2 heterocycles. The van der Waals surface area contributed by atoms with Crippen LogP contribution in [0.5, 0.6) is 5.75 Å². The molecule has 2 fully saturated rings. The van der Waals surface area contributed by atoms with Gasteiger partial charge in [-0.2, -0.15) is 0 Å². The van der Waals surface area contributed by atoms with Crippen molar-refractivity contribution in [3.63, 3.8) is 0 Å². The average Bonchev–Trinajstić information content (AvgIpc) is 2.64. The molecule has 0 bridgehead atoms. The SMILES string of the molecule is COc1ccccc1CN1C[C@H](C(=O)NC2CCOCC2)CCC1=O. The highest BCUT2D eigenvalue weighted by molar-refractivity contribution is 5.84. The zero-order chi connectivity index (χ0) is 17.6. The van der Waals surface area contributed by atoms with E-state index in [-0.39, 0.29) is 23.8 Å². The largest absolute Gasteiger partial charge is 0.496 e. The van der Waals surface area contributed by atoms with Crippen molar-refractivity contribution >= 4 is 11.8 Å². The van der Waals surface area contributed by atoms with Gasteiger partial charge in [-0.1, -0.05) is 18.2 Å². The van der Waals surface area contributed by atoms with Crippen LogP contribution in [0.15, 0.2) is 24.3 Å². The van der Waals surface area contributed by atoms with Crippen molar-refractivity contribution in [3.8, 4) is 5.75 Å². The number of nitrogens with one attached hydrogen (secondary N) is 1. The second-order valence-corrected chi connectivity index (χ2v) is 6.72. The summed E-state index contributed by atoms with van der Waals surface area (Å²) in [6.45, 7) is 2.35. The summed E-state index contributed by atoms with van der Waals surface area (Å²) < 4.78 is 10.7. The van der Waals surface area contributed by atoms with Crippen molar-refractivity contribution in [2.45, 2.75) is 38.3 Å². The van der Waals surface area contributed by atoms with Gasteiger partial charge >= 0.3 is 0 Å². The molecule has 0 unspecified atom stereocenters. The summed E-state index contributed by atoms with van der Waals surface area (Å²) in [6, 6.07) is 7.88. The van der Waals surface area contributed by atoms with E-state index in [4.69, 9.17) is 9.47 Å². The molecule has 0 radical (unpaired) electrons. The van der Waals surface area contributed by atoms with E-state index < -0.39 is 0 Å². The van der Waals surface area contributed by atoms with Gasteiger partial charge < -0.3 is 19.7 Å². The second-order valence-electron chi connectivity index (χ2n) is 6.72. The Bertz CT molecular complexity index is 613. The zero-order valence-electron chi connectivity index (χ0n) is 14.7. The van der Waals surface area contributed by atoms with Gasteiger partial charge in [0.2, 0.25) is 11.8 Å². The van der Waals surface area contributed by atoms with Crippen LogP contribution in [0.4, 0.5) is 0 Å². The highest BCUT2D eigenvalue weighted by Crippen LogP contribution is 2.24. The third-order valence-electron chi connectivity index (χ3n) is 4.99. The van der Waals surface area contributed by atoms with Gasteiger partial charge in [0.25, 0.3) is 0 Å². The Morgan fingerprint density at radius 1 is 1.28 bits per heavy atom. The number of ether oxygens (including phenoxy) is 2. The van der Waals surface area contributed by atoms with E-state index in [0.29, 0.717) is 39.1 Å². The van der Waals surface area contributed by atoms with Crippen LogP contribution in [0.25, 0.3) is 0 Å². The molecule has 136 valence electrons. The molecule has 2 saturated heterocycles. The number of carbonyl (C=O) groups excluding carboxylic acids is 2. The predicted molar refractivity (Wildman–Crippen MR) is 93.1 cm³/mol. The maximum absolute atomic E-state index is 12.6. The minimum Gasteiger partial charge on any atom is -0.496 e. The summed E-state index contributed by atoms with van der Waals surface area (Å²) in [5.41, 5.74) is 0.962. The van der Waals surface area contributed by atoms with E-state index >= 15 is 0 Å². The Morgan fingerprint density at radius 2 is 2.04 bits per heavy atom. The average molecular weight is 346 g/mol. The first-order chi connectivity index (χ1) is 12.2. The van der Waals surface area contributed by atoms with Crippen LogP contribution in [-0.2, 0) is 20.9 Å². The van der Waals surface area contributed by atoms with Crippen LogP contribution in [0.2, 0.25) is 0 Å². The minimum absolute atomic E-state index is 0.0597. The lowest BCUT2D eigenvalue weighted by atomic mass is 9.95. The number of nitrogens with zero attached hydrogens (tertiary/aromatic N) is 1. The summed E-state index contributed by atoms with van der Waals surface area (Å²) in [5.74, 6) is 0.782. The molecule has 0 aliphatic carbocycles. The van der Waals surface area contributed by atoms with Crippen molar-refractivity contribution in [3.05, 3.63) is 29.8 Å². The Balaban J connectivity index is 1.60. The molecule has 1 aromatic carbocycles. The molecule has 1 aromatic rings. The van der Waals surface area contributed by atoms with Crippen molar-refractivity contribution in [1.29, 1.82) is 0 Å². The van der Waals surface area contributed by atoms with Crippen LogP contribution in [0.1, 0.15) is 31.2 Å². The van der Waals surface area contributed by atoms with Crippen LogP contribution in [0, 0.1) is 5.92 Å². The summed E-state index contributed by atoms with van der Waals surface area (Å²) in [5, 5.41) is 3.13. The van der Waals surface area contributed by atoms with Crippen LogP contribution < -0.4 is 10.1 Å². The Hall–Kier alpha value is -2.08. The van der Waals surface area contributed by atoms with Gasteiger partial charge in [-0.05, 0) is 25.3 Å². The Morgan fingerprint density at radius 3 is 2.80 bits per heavy atom. The molecular formula is C19H26N2O4. The Kier molecular flexibility index (Phi) is 5.91. The predicted octanol–water partition coefficient (Wildman–Crippen LogP) is 1.73. The molecule has 2 aliphatic rings. The first-order valence-corrected chi connectivity index (χ1v) is 8.95. The third-order valence-corrected chi connectivity index (χ3v) is 4.99. The van der Waals surface area contributed by atoms with E-state index in [2.05, 4.69) is 5.32 Å². The zero-order valence-corrected chi connectivity index (χ0v) is 14.7. The van der Waals surface area contributed by atoms with E-state index in [1.807, 2.05) is 24.3 Å². The topological polar surface area (TPSA) is 67.9 Å². The van der Waals surface area contributed by atoms with E-state index in [9.17, 15) is 9.59 Å². The van der Waals surface area contributed by atoms with E-state index in [1.54, 1.807) is 12.0 Å². The number of amides is 2. The van der Waals surface area contributed by atoms with Gasteiger partial charge in [0.05, 0.1) is 13.0 Å². The van der Waals surface area contributed by atoms with Crippen molar-refractivity contribution in [2.24, 2.45) is 5.92 Å². The van der Waals surface area contributed by atoms with Crippen LogP contribution in [0.3, 0.4) is 0 Å². The van der Waals surface area contributed by atoms with E-state index in [0.717, 1.165) is 24.2 Å². The Labute approximate surface area is 148 Å². The number of hydrogen-bond acceptors (Lipinski definition) is 4. The monoisotopic (exact) mass is 346 g/mol. The summed E-state index contributed by atoms with van der Waals surface area (Å²) in [4.78, 5) is 26.6. The lowest BCUT2D eigenvalue weighted by Crippen LogP contribution is -2.48. The number of rotatable bonds is 5. The lowest BCUT2D eigenvalue weighted by Gasteiger charge is -2.33. The quantitative estimate of drug-likeness (QED) is 0.882. The molecule has 0 spiro atoms. The smallest absolute Gasteiger partial charge is 0.225 e. The number of benzene rings is 1. The molecule has 2 aliphatic heterocycles. The highest BCUT2D eigenvalue weighted by Gasteiger charge is 2.31. The number of methoxy groups -OCH3 is 1. The van der Waals surface area contributed by atoms with Crippen molar-refractivity contribution in [2.75, 3.05) is 26.9 Å². The molecule has 2 amide bonds. The third kappa shape index (κ3) is 4.51. The maximum atomic E-state index is 12.6.